The third-order valence-corrected chi connectivity index (χ3v) is 4.01. The summed E-state index contributed by atoms with van der Waals surface area (Å²) in [5.41, 5.74) is 1.43. The van der Waals surface area contributed by atoms with E-state index in [4.69, 9.17) is 0 Å². The molecule has 0 bridgehead atoms. The zero-order valence-corrected chi connectivity index (χ0v) is 10.1. The smallest absolute Gasteiger partial charge is 0.123 e. The lowest BCUT2D eigenvalue weighted by Gasteiger charge is -2.40. The van der Waals surface area contributed by atoms with Crippen LogP contribution in [0.2, 0.25) is 0 Å². The maximum Gasteiger partial charge on any atom is 0.123 e. The second kappa shape index (κ2) is 4.54. The SMILES string of the molecule is CC1CNCCC1(C)Cc1cccc(F)c1. The molecule has 1 nitrogen and oxygen atoms in total. The zero-order chi connectivity index (χ0) is 11.6. The molecule has 1 aromatic rings. The molecule has 16 heavy (non-hydrogen) atoms. The van der Waals surface area contributed by atoms with Crippen molar-refractivity contribution in [3.8, 4) is 0 Å². The van der Waals surface area contributed by atoms with Crippen LogP contribution in [0.1, 0.15) is 25.8 Å². The predicted molar refractivity (Wildman–Crippen MR) is 64.9 cm³/mol. The molecule has 88 valence electrons. The van der Waals surface area contributed by atoms with Crippen LogP contribution in [-0.2, 0) is 6.42 Å². The first-order valence-corrected chi connectivity index (χ1v) is 6.05. The molecule has 2 heteroatoms. The van der Waals surface area contributed by atoms with Crippen LogP contribution >= 0.6 is 0 Å². The standard InChI is InChI=1S/C14H20FN/c1-11-10-16-7-6-14(11,2)9-12-4-3-5-13(15)8-12/h3-5,8,11,16H,6-7,9-10H2,1-2H3. The average molecular weight is 221 g/mol. The Balaban J connectivity index is 2.13. The number of rotatable bonds is 2. The summed E-state index contributed by atoms with van der Waals surface area (Å²) in [5.74, 6) is 0.521. The summed E-state index contributed by atoms with van der Waals surface area (Å²) in [6.07, 6.45) is 2.15. The first-order chi connectivity index (χ1) is 7.60. The number of benzene rings is 1. The van der Waals surface area contributed by atoms with Crippen LogP contribution in [0.25, 0.3) is 0 Å². The molecule has 1 aliphatic rings. The molecule has 2 rings (SSSR count). The summed E-state index contributed by atoms with van der Waals surface area (Å²) in [5, 5.41) is 3.41. The van der Waals surface area contributed by atoms with Gasteiger partial charge in [-0.15, -0.1) is 0 Å². The monoisotopic (exact) mass is 221 g/mol. The van der Waals surface area contributed by atoms with Crippen molar-refractivity contribution < 1.29 is 4.39 Å². The van der Waals surface area contributed by atoms with Gasteiger partial charge in [0.25, 0.3) is 0 Å². The van der Waals surface area contributed by atoms with E-state index in [1.54, 1.807) is 12.1 Å². The second-order valence-corrected chi connectivity index (χ2v) is 5.32. The molecule has 1 fully saturated rings. The molecule has 1 aromatic carbocycles. The number of hydrogen-bond acceptors (Lipinski definition) is 1. The van der Waals surface area contributed by atoms with Gasteiger partial charge in [0.15, 0.2) is 0 Å². The van der Waals surface area contributed by atoms with Crippen molar-refractivity contribution in [1.29, 1.82) is 0 Å². The Kier molecular flexibility index (Phi) is 3.29. The fraction of sp³-hybridized carbons (Fsp3) is 0.571. The average Bonchev–Trinajstić information content (AvgIpc) is 2.23. The quantitative estimate of drug-likeness (QED) is 0.809. The van der Waals surface area contributed by atoms with E-state index >= 15 is 0 Å². The Bertz CT molecular complexity index is 364. The van der Waals surface area contributed by atoms with Crippen LogP contribution in [0.3, 0.4) is 0 Å². The molecule has 0 saturated carbocycles. The second-order valence-electron chi connectivity index (χ2n) is 5.32. The van der Waals surface area contributed by atoms with Gasteiger partial charge in [-0.1, -0.05) is 26.0 Å². The lowest BCUT2D eigenvalue weighted by Crippen LogP contribution is -2.43. The molecular weight excluding hydrogens is 201 g/mol. The Morgan fingerprint density at radius 2 is 2.31 bits per heavy atom. The van der Waals surface area contributed by atoms with Crippen LogP contribution in [0.4, 0.5) is 4.39 Å². The van der Waals surface area contributed by atoms with Gasteiger partial charge in [0.1, 0.15) is 5.82 Å². The molecule has 1 heterocycles. The van der Waals surface area contributed by atoms with Crippen molar-refractivity contribution in [3.05, 3.63) is 35.6 Å². The molecule has 0 aliphatic carbocycles. The maximum absolute atomic E-state index is 13.1. The van der Waals surface area contributed by atoms with Crippen LogP contribution in [-0.4, -0.2) is 13.1 Å². The topological polar surface area (TPSA) is 12.0 Å². The summed E-state index contributed by atoms with van der Waals surface area (Å²) in [6.45, 7) is 6.76. The maximum atomic E-state index is 13.1. The highest BCUT2D eigenvalue weighted by molar-refractivity contribution is 5.18. The van der Waals surface area contributed by atoms with Gasteiger partial charge in [0.2, 0.25) is 0 Å². The highest BCUT2D eigenvalue weighted by Gasteiger charge is 2.33. The largest absolute Gasteiger partial charge is 0.316 e. The molecule has 1 aliphatic heterocycles. The first kappa shape index (κ1) is 11.6. The fourth-order valence-electron chi connectivity index (χ4n) is 2.56. The minimum atomic E-state index is -0.123. The van der Waals surface area contributed by atoms with Crippen molar-refractivity contribution in [1.82, 2.24) is 5.32 Å². The van der Waals surface area contributed by atoms with Crippen molar-refractivity contribution >= 4 is 0 Å². The number of piperidine rings is 1. The van der Waals surface area contributed by atoms with E-state index in [1.807, 2.05) is 6.07 Å². The zero-order valence-electron chi connectivity index (χ0n) is 10.1. The van der Waals surface area contributed by atoms with Crippen LogP contribution in [0.5, 0.6) is 0 Å². The van der Waals surface area contributed by atoms with E-state index in [0.29, 0.717) is 11.3 Å². The van der Waals surface area contributed by atoms with Crippen molar-refractivity contribution in [2.45, 2.75) is 26.7 Å². The summed E-state index contributed by atoms with van der Waals surface area (Å²) < 4.78 is 13.1. The molecule has 2 atom stereocenters. The van der Waals surface area contributed by atoms with E-state index in [0.717, 1.165) is 25.1 Å². The van der Waals surface area contributed by atoms with Gasteiger partial charge in [-0.25, -0.2) is 4.39 Å². The minimum Gasteiger partial charge on any atom is -0.316 e. The third-order valence-electron chi connectivity index (χ3n) is 4.01. The Labute approximate surface area is 97.1 Å². The van der Waals surface area contributed by atoms with Crippen LogP contribution in [0, 0.1) is 17.2 Å². The molecular formula is C14H20FN. The Morgan fingerprint density at radius 3 is 3.00 bits per heavy atom. The molecule has 0 radical (unpaired) electrons. The number of hydrogen-bond donors (Lipinski definition) is 1. The van der Waals surface area contributed by atoms with E-state index < -0.39 is 0 Å². The van der Waals surface area contributed by atoms with Crippen molar-refractivity contribution in [2.75, 3.05) is 13.1 Å². The minimum absolute atomic E-state index is 0.123. The third kappa shape index (κ3) is 2.43. The summed E-state index contributed by atoms with van der Waals surface area (Å²) >= 11 is 0. The van der Waals surface area contributed by atoms with Crippen molar-refractivity contribution in [3.63, 3.8) is 0 Å². The van der Waals surface area contributed by atoms with Gasteiger partial charge in [0, 0.05) is 0 Å². The lowest BCUT2D eigenvalue weighted by atomic mass is 9.69. The van der Waals surface area contributed by atoms with Gasteiger partial charge in [-0.3, -0.25) is 0 Å². The van der Waals surface area contributed by atoms with Gasteiger partial charge in [-0.2, -0.15) is 0 Å². The molecule has 1 N–H and O–H groups in total. The number of nitrogens with one attached hydrogen (secondary N) is 1. The number of halogens is 1. The molecule has 0 amide bonds. The highest BCUT2D eigenvalue weighted by Crippen LogP contribution is 2.36. The van der Waals surface area contributed by atoms with Crippen LogP contribution in [0.15, 0.2) is 24.3 Å². The van der Waals surface area contributed by atoms with Crippen molar-refractivity contribution in [2.24, 2.45) is 11.3 Å². The first-order valence-electron chi connectivity index (χ1n) is 6.05. The molecule has 0 aromatic heterocycles. The molecule has 0 spiro atoms. The lowest BCUT2D eigenvalue weighted by molar-refractivity contribution is 0.144. The molecule has 1 saturated heterocycles. The fourth-order valence-corrected chi connectivity index (χ4v) is 2.56. The summed E-state index contributed by atoms with van der Waals surface area (Å²) in [6, 6.07) is 7.01. The predicted octanol–water partition coefficient (Wildman–Crippen LogP) is 3.00. The van der Waals surface area contributed by atoms with Gasteiger partial charge < -0.3 is 5.32 Å². The van der Waals surface area contributed by atoms with E-state index in [1.165, 1.54) is 12.5 Å². The van der Waals surface area contributed by atoms with E-state index in [2.05, 4.69) is 19.2 Å². The van der Waals surface area contributed by atoms with Gasteiger partial charge in [-0.05, 0) is 55.0 Å². The summed E-state index contributed by atoms with van der Waals surface area (Å²) in [4.78, 5) is 0. The Hall–Kier alpha value is -0.890. The summed E-state index contributed by atoms with van der Waals surface area (Å²) in [7, 11) is 0. The highest BCUT2D eigenvalue weighted by atomic mass is 19.1. The van der Waals surface area contributed by atoms with Gasteiger partial charge >= 0.3 is 0 Å². The van der Waals surface area contributed by atoms with E-state index in [-0.39, 0.29) is 5.82 Å². The normalized spacial score (nSPS) is 30.3. The Morgan fingerprint density at radius 1 is 1.50 bits per heavy atom. The molecule has 2 unspecified atom stereocenters. The van der Waals surface area contributed by atoms with Crippen LogP contribution < -0.4 is 5.32 Å². The van der Waals surface area contributed by atoms with Gasteiger partial charge in [0.05, 0.1) is 0 Å². The van der Waals surface area contributed by atoms with E-state index in [9.17, 15) is 4.39 Å².